The highest BCUT2D eigenvalue weighted by molar-refractivity contribution is 9.10. The first-order valence-corrected chi connectivity index (χ1v) is 6.46. The molecular formula is C13H11BrClFN2. The van der Waals surface area contributed by atoms with Crippen molar-refractivity contribution in [3.8, 4) is 0 Å². The lowest BCUT2D eigenvalue weighted by molar-refractivity contribution is 0.612. The third-order valence-corrected chi connectivity index (χ3v) is 3.22. The fraction of sp³-hybridized carbons (Fsp3) is 0.0769. The Bertz CT molecular complexity index is 523. The van der Waals surface area contributed by atoms with Gasteiger partial charge in [0, 0.05) is 21.6 Å². The molecule has 0 bridgehead atoms. The van der Waals surface area contributed by atoms with Crippen LogP contribution in [0.2, 0.25) is 5.02 Å². The maximum atomic E-state index is 13.5. The summed E-state index contributed by atoms with van der Waals surface area (Å²) < 4.78 is 14.4. The third kappa shape index (κ3) is 3.15. The van der Waals surface area contributed by atoms with Crippen molar-refractivity contribution >= 4 is 38.9 Å². The molecular weight excluding hydrogens is 319 g/mol. The van der Waals surface area contributed by atoms with Gasteiger partial charge in [0.25, 0.3) is 0 Å². The third-order valence-electron chi connectivity index (χ3n) is 2.49. The quantitative estimate of drug-likeness (QED) is 0.817. The number of anilines is 2. The van der Waals surface area contributed by atoms with Crippen molar-refractivity contribution in [2.45, 2.75) is 6.54 Å². The summed E-state index contributed by atoms with van der Waals surface area (Å²) >= 11 is 9.19. The van der Waals surface area contributed by atoms with E-state index in [1.54, 1.807) is 30.3 Å². The van der Waals surface area contributed by atoms with E-state index in [4.69, 9.17) is 17.3 Å². The minimum Gasteiger partial charge on any atom is -0.397 e. The average Bonchev–Trinajstić information content (AvgIpc) is 2.34. The molecule has 0 aliphatic heterocycles. The van der Waals surface area contributed by atoms with Crippen LogP contribution in [0.3, 0.4) is 0 Å². The first kappa shape index (κ1) is 13.2. The van der Waals surface area contributed by atoms with E-state index >= 15 is 0 Å². The highest BCUT2D eigenvalue weighted by atomic mass is 79.9. The first-order chi connectivity index (χ1) is 8.56. The summed E-state index contributed by atoms with van der Waals surface area (Å²) in [5, 5.41) is 3.65. The van der Waals surface area contributed by atoms with Crippen LogP contribution in [0, 0.1) is 5.82 Å². The summed E-state index contributed by atoms with van der Waals surface area (Å²) in [5.74, 6) is -0.258. The van der Waals surface area contributed by atoms with Gasteiger partial charge < -0.3 is 11.1 Å². The van der Waals surface area contributed by atoms with Gasteiger partial charge in [-0.1, -0.05) is 27.5 Å². The van der Waals surface area contributed by atoms with E-state index in [-0.39, 0.29) is 5.82 Å². The van der Waals surface area contributed by atoms with Crippen LogP contribution in [-0.2, 0) is 6.54 Å². The smallest absolute Gasteiger partial charge is 0.128 e. The van der Waals surface area contributed by atoms with Gasteiger partial charge in [-0.25, -0.2) is 4.39 Å². The van der Waals surface area contributed by atoms with Crippen molar-refractivity contribution in [2.75, 3.05) is 11.1 Å². The molecule has 0 aliphatic carbocycles. The highest BCUT2D eigenvalue weighted by Crippen LogP contribution is 2.24. The number of nitrogens with one attached hydrogen (secondary N) is 1. The molecule has 0 spiro atoms. The summed E-state index contributed by atoms with van der Waals surface area (Å²) in [6.45, 7) is 0.343. The highest BCUT2D eigenvalue weighted by Gasteiger charge is 2.04. The van der Waals surface area contributed by atoms with Gasteiger partial charge in [0.1, 0.15) is 5.82 Å². The van der Waals surface area contributed by atoms with E-state index < -0.39 is 0 Å². The topological polar surface area (TPSA) is 38.0 Å². The predicted molar refractivity (Wildman–Crippen MR) is 77.3 cm³/mol. The summed E-state index contributed by atoms with van der Waals surface area (Å²) in [4.78, 5) is 0. The van der Waals surface area contributed by atoms with Crippen LogP contribution < -0.4 is 11.1 Å². The lowest BCUT2D eigenvalue weighted by atomic mass is 10.2. The lowest BCUT2D eigenvalue weighted by Gasteiger charge is -2.10. The van der Waals surface area contributed by atoms with Gasteiger partial charge >= 0.3 is 0 Å². The van der Waals surface area contributed by atoms with Gasteiger partial charge in [-0.05, 0) is 36.4 Å². The molecule has 2 aromatic carbocycles. The minimum atomic E-state index is -0.258. The Hall–Kier alpha value is -1.26. The zero-order valence-corrected chi connectivity index (χ0v) is 11.7. The SMILES string of the molecule is Nc1ccc(Cl)cc1NCc1cc(Br)ccc1F. The minimum absolute atomic E-state index is 0.258. The van der Waals surface area contributed by atoms with E-state index in [2.05, 4.69) is 21.2 Å². The zero-order valence-electron chi connectivity index (χ0n) is 9.38. The van der Waals surface area contributed by atoms with Crippen LogP contribution in [0.1, 0.15) is 5.56 Å². The fourth-order valence-corrected chi connectivity index (χ4v) is 2.13. The molecule has 0 aromatic heterocycles. The summed E-state index contributed by atoms with van der Waals surface area (Å²) in [7, 11) is 0. The van der Waals surface area contributed by atoms with E-state index in [9.17, 15) is 4.39 Å². The second-order valence-electron chi connectivity index (χ2n) is 3.82. The van der Waals surface area contributed by atoms with Crippen molar-refractivity contribution in [2.24, 2.45) is 0 Å². The number of hydrogen-bond acceptors (Lipinski definition) is 2. The molecule has 3 N–H and O–H groups in total. The number of nitrogens with two attached hydrogens (primary N) is 1. The molecule has 0 heterocycles. The summed E-state index contributed by atoms with van der Waals surface area (Å²) in [6.07, 6.45) is 0. The molecule has 2 aromatic rings. The fourth-order valence-electron chi connectivity index (χ4n) is 1.55. The molecule has 2 rings (SSSR count). The van der Waals surface area contributed by atoms with Gasteiger partial charge in [0.2, 0.25) is 0 Å². The van der Waals surface area contributed by atoms with Gasteiger partial charge in [-0.2, -0.15) is 0 Å². The van der Waals surface area contributed by atoms with Crippen molar-refractivity contribution in [3.63, 3.8) is 0 Å². The number of hydrogen-bond donors (Lipinski definition) is 2. The molecule has 0 radical (unpaired) electrons. The molecule has 0 saturated heterocycles. The van der Waals surface area contributed by atoms with Crippen LogP contribution in [0.4, 0.5) is 15.8 Å². The average molecular weight is 330 g/mol. The zero-order chi connectivity index (χ0) is 13.1. The van der Waals surface area contributed by atoms with Crippen LogP contribution in [0.25, 0.3) is 0 Å². The first-order valence-electron chi connectivity index (χ1n) is 5.29. The van der Waals surface area contributed by atoms with Crippen molar-refractivity contribution < 1.29 is 4.39 Å². The van der Waals surface area contributed by atoms with Gasteiger partial charge in [0.05, 0.1) is 11.4 Å². The van der Waals surface area contributed by atoms with Crippen molar-refractivity contribution in [1.29, 1.82) is 0 Å². The second-order valence-corrected chi connectivity index (χ2v) is 5.17. The molecule has 18 heavy (non-hydrogen) atoms. The Morgan fingerprint density at radius 2 is 2.00 bits per heavy atom. The maximum Gasteiger partial charge on any atom is 0.128 e. The summed E-state index contributed by atoms with van der Waals surface area (Å²) in [6, 6.07) is 9.94. The summed E-state index contributed by atoms with van der Waals surface area (Å²) in [5.41, 5.74) is 7.63. The van der Waals surface area contributed by atoms with Crippen LogP contribution in [0.5, 0.6) is 0 Å². The van der Waals surface area contributed by atoms with E-state index in [0.29, 0.717) is 28.5 Å². The van der Waals surface area contributed by atoms with Gasteiger partial charge in [-0.3, -0.25) is 0 Å². The lowest BCUT2D eigenvalue weighted by Crippen LogP contribution is -2.04. The van der Waals surface area contributed by atoms with Crippen LogP contribution >= 0.6 is 27.5 Å². The molecule has 5 heteroatoms. The Kier molecular flexibility index (Phi) is 4.09. The van der Waals surface area contributed by atoms with Crippen molar-refractivity contribution in [1.82, 2.24) is 0 Å². The molecule has 0 aliphatic rings. The van der Waals surface area contributed by atoms with Crippen LogP contribution in [0.15, 0.2) is 40.9 Å². The predicted octanol–water partition coefficient (Wildman–Crippen LogP) is 4.44. The normalized spacial score (nSPS) is 10.4. The van der Waals surface area contributed by atoms with E-state index in [1.165, 1.54) is 6.07 Å². The Morgan fingerprint density at radius 1 is 1.22 bits per heavy atom. The molecule has 94 valence electrons. The monoisotopic (exact) mass is 328 g/mol. The largest absolute Gasteiger partial charge is 0.397 e. The Morgan fingerprint density at radius 3 is 2.78 bits per heavy atom. The second kappa shape index (κ2) is 5.59. The number of halogens is 3. The van der Waals surface area contributed by atoms with E-state index in [0.717, 1.165) is 4.47 Å². The Balaban J connectivity index is 2.16. The molecule has 0 atom stereocenters. The van der Waals surface area contributed by atoms with Gasteiger partial charge in [0.15, 0.2) is 0 Å². The molecule has 2 nitrogen and oxygen atoms in total. The number of benzene rings is 2. The van der Waals surface area contributed by atoms with Crippen molar-refractivity contribution in [3.05, 3.63) is 57.3 Å². The molecule has 0 amide bonds. The number of rotatable bonds is 3. The molecule has 0 fully saturated rings. The molecule has 0 unspecified atom stereocenters. The Labute approximate surface area is 118 Å². The standard InChI is InChI=1S/C13H11BrClFN2/c14-9-1-3-11(16)8(5-9)7-18-13-6-10(15)2-4-12(13)17/h1-6,18H,7,17H2. The maximum absolute atomic E-state index is 13.5. The van der Waals surface area contributed by atoms with Gasteiger partial charge in [-0.15, -0.1) is 0 Å². The molecule has 0 saturated carbocycles. The number of nitrogen functional groups attached to an aromatic ring is 1. The van der Waals surface area contributed by atoms with Crippen LogP contribution in [-0.4, -0.2) is 0 Å². The van der Waals surface area contributed by atoms with E-state index in [1.807, 2.05) is 0 Å².